The van der Waals surface area contributed by atoms with E-state index in [-0.39, 0.29) is 42.5 Å². The number of amides is 1. The molecule has 1 unspecified atom stereocenters. The maximum absolute atomic E-state index is 12.0. The molecule has 0 aliphatic carbocycles. The third kappa shape index (κ3) is 6.34. The van der Waals surface area contributed by atoms with Gasteiger partial charge in [0.15, 0.2) is 5.96 Å². The number of halogens is 1. The van der Waals surface area contributed by atoms with E-state index < -0.39 is 0 Å². The summed E-state index contributed by atoms with van der Waals surface area (Å²) in [4.78, 5) is 20.4. The number of hydrogen-bond donors (Lipinski definition) is 1. The minimum atomic E-state index is 0. The molecule has 0 radical (unpaired) electrons. The molecule has 1 N–H and O–H groups in total. The van der Waals surface area contributed by atoms with Gasteiger partial charge < -0.3 is 19.9 Å². The third-order valence-corrected chi connectivity index (χ3v) is 5.05. The van der Waals surface area contributed by atoms with Gasteiger partial charge in [-0.3, -0.25) is 4.79 Å². The van der Waals surface area contributed by atoms with Crippen LogP contribution in [0.5, 0.6) is 0 Å². The third-order valence-electron chi connectivity index (χ3n) is 5.05. The second-order valence-corrected chi connectivity index (χ2v) is 7.24. The number of ether oxygens (including phenoxy) is 1. The van der Waals surface area contributed by atoms with E-state index >= 15 is 0 Å². The van der Waals surface area contributed by atoms with E-state index in [2.05, 4.69) is 39.5 Å². The van der Waals surface area contributed by atoms with Crippen molar-refractivity contribution in [3.8, 4) is 0 Å². The van der Waals surface area contributed by atoms with Crippen LogP contribution in [0.2, 0.25) is 0 Å². The summed E-state index contributed by atoms with van der Waals surface area (Å²) in [6, 6.07) is 8.55. The van der Waals surface area contributed by atoms with Crippen molar-refractivity contribution in [1.82, 2.24) is 15.1 Å². The Morgan fingerprint density at radius 1 is 1.30 bits per heavy atom. The zero-order valence-electron chi connectivity index (χ0n) is 16.3. The molecule has 7 heteroatoms. The number of carbonyl (C=O) groups is 1. The van der Waals surface area contributed by atoms with E-state index in [0.717, 1.165) is 51.5 Å². The Morgan fingerprint density at radius 3 is 2.78 bits per heavy atom. The van der Waals surface area contributed by atoms with Crippen molar-refractivity contribution in [1.29, 1.82) is 0 Å². The van der Waals surface area contributed by atoms with Crippen LogP contribution in [0.25, 0.3) is 0 Å². The van der Waals surface area contributed by atoms with E-state index in [0.29, 0.717) is 0 Å². The van der Waals surface area contributed by atoms with Crippen molar-refractivity contribution in [2.75, 3.05) is 40.3 Å². The van der Waals surface area contributed by atoms with Crippen LogP contribution in [0.3, 0.4) is 0 Å². The van der Waals surface area contributed by atoms with E-state index in [1.54, 1.807) is 19.0 Å². The van der Waals surface area contributed by atoms with Gasteiger partial charge in [-0.2, -0.15) is 0 Å². The molecule has 0 aromatic heterocycles. The quantitative estimate of drug-likeness (QED) is 0.403. The van der Waals surface area contributed by atoms with Crippen molar-refractivity contribution < 1.29 is 9.53 Å². The molecule has 1 aromatic carbocycles. The number of fused-ring (bicyclic) bond motifs is 1. The summed E-state index contributed by atoms with van der Waals surface area (Å²) in [5.74, 6) is 0.819. The molecule has 0 spiro atoms. The first-order valence-corrected chi connectivity index (χ1v) is 9.55. The highest BCUT2D eigenvalue weighted by Crippen LogP contribution is 2.19. The number of carbonyl (C=O) groups excluding carboxylic acids is 1. The molecule has 27 heavy (non-hydrogen) atoms. The Bertz CT molecular complexity index is 645. The Morgan fingerprint density at radius 2 is 2.07 bits per heavy atom. The number of rotatable bonds is 4. The van der Waals surface area contributed by atoms with Crippen LogP contribution in [0, 0.1) is 0 Å². The topological polar surface area (TPSA) is 57.2 Å². The van der Waals surface area contributed by atoms with Crippen molar-refractivity contribution >= 4 is 35.8 Å². The molecule has 2 aliphatic rings. The number of likely N-dealkylation sites (N-methyl/N-ethyl adjacent to an activating group) is 1. The minimum Gasteiger partial charge on any atom is -0.376 e. The molecule has 1 aromatic rings. The summed E-state index contributed by atoms with van der Waals surface area (Å²) in [5.41, 5.74) is 2.74. The number of hydrogen-bond acceptors (Lipinski definition) is 3. The second kappa shape index (κ2) is 10.8. The minimum absolute atomic E-state index is 0. The lowest BCUT2D eigenvalue weighted by Gasteiger charge is -2.33. The highest BCUT2D eigenvalue weighted by molar-refractivity contribution is 14.0. The van der Waals surface area contributed by atoms with Crippen LogP contribution in [0.4, 0.5) is 0 Å². The van der Waals surface area contributed by atoms with Crippen LogP contribution in [0.15, 0.2) is 29.3 Å². The first kappa shape index (κ1) is 21.9. The standard InChI is InChI=1S/C20H30N4O2.HI/c1-23(2)19(25)14-22-20(21-13-18-9-5-6-12-26-18)24-11-10-16-7-3-4-8-17(16)15-24;/h3-4,7-8,18H,5-6,9-15H2,1-2H3,(H,21,22);1H. The molecule has 6 nitrogen and oxygen atoms in total. The smallest absolute Gasteiger partial charge is 0.243 e. The molecule has 2 aliphatic heterocycles. The first-order chi connectivity index (χ1) is 12.6. The van der Waals surface area contributed by atoms with Gasteiger partial charge >= 0.3 is 0 Å². The highest BCUT2D eigenvalue weighted by Gasteiger charge is 2.21. The number of benzene rings is 1. The van der Waals surface area contributed by atoms with E-state index in [9.17, 15) is 4.79 Å². The van der Waals surface area contributed by atoms with Crippen molar-refractivity contribution in [3.05, 3.63) is 35.4 Å². The molecule has 1 amide bonds. The maximum Gasteiger partial charge on any atom is 0.243 e. The largest absolute Gasteiger partial charge is 0.376 e. The van der Waals surface area contributed by atoms with Gasteiger partial charge in [0.1, 0.15) is 6.54 Å². The predicted molar refractivity (Wildman–Crippen MR) is 119 cm³/mol. The van der Waals surface area contributed by atoms with Gasteiger partial charge in [0.2, 0.25) is 5.91 Å². The molecule has 1 atom stereocenters. The van der Waals surface area contributed by atoms with Gasteiger partial charge in [-0.25, -0.2) is 4.99 Å². The summed E-state index contributed by atoms with van der Waals surface area (Å²) in [6.45, 7) is 3.48. The zero-order valence-corrected chi connectivity index (χ0v) is 18.6. The molecular weight excluding hydrogens is 455 g/mol. The van der Waals surface area contributed by atoms with E-state index in [1.165, 1.54) is 17.5 Å². The van der Waals surface area contributed by atoms with E-state index in [4.69, 9.17) is 4.74 Å². The number of guanidine groups is 1. The Hall–Kier alpha value is -1.35. The Labute approximate surface area is 179 Å². The van der Waals surface area contributed by atoms with Gasteiger partial charge in [-0.1, -0.05) is 24.3 Å². The number of nitrogens with zero attached hydrogens (tertiary/aromatic N) is 3. The van der Waals surface area contributed by atoms with Crippen molar-refractivity contribution in [2.45, 2.75) is 38.3 Å². The fraction of sp³-hybridized carbons (Fsp3) is 0.600. The Kier molecular flexibility index (Phi) is 8.82. The lowest BCUT2D eigenvalue weighted by atomic mass is 10.0. The van der Waals surface area contributed by atoms with Crippen molar-refractivity contribution in [3.63, 3.8) is 0 Å². The molecule has 2 heterocycles. The predicted octanol–water partition coefficient (Wildman–Crippen LogP) is 2.27. The molecule has 1 saturated heterocycles. The van der Waals surface area contributed by atoms with Crippen LogP contribution < -0.4 is 5.32 Å². The number of aliphatic imine (C=N–C) groups is 1. The highest BCUT2D eigenvalue weighted by atomic mass is 127. The Balaban J connectivity index is 0.00000261. The van der Waals surface area contributed by atoms with Crippen LogP contribution >= 0.6 is 24.0 Å². The summed E-state index contributed by atoms with van der Waals surface area (Å²) < 4.78 is 5.82. The summed E-state index contributed by atoms with van der Waals surface area (Å²) in [7, 11) is 3.52. The van der Waals surface area contributed by atoms with Gasteiger partial charge in [0, 0.05) is 40.3 Å². The fourth-order valence-electron chi connectivity index (χ4n) is 3.40. The summed E-state index contributed by atoms with van der Waals surface area (Å²) >= 11 is 0. The fourth-order valence-corrected chi connectivity index (χ4v) is 3.40. The SMILES string of the molecule is CN(C)C(=O)CN=C(NCC1CCCCO1)N1CCc2ccccc2C1.I. The lowest BCUT2D eigenvalue weighted by molar-refractivity contribution is -0.127. The van der Waals surface area contributed by atoms with Crippen molar-refractivity contribution in [2.24, 2.45) is 4.99 Å². The summed E-state index contributed by atoms with van der Waals surface area (Å²) in [5, 5.41) is 3.46. The average Bonchev–Trinajstić information content (AvgIpc) is 2.68. The zero-order chi connectivity index (χ0) is 18.4. The molecule has 150 valence electrons. The molecule has 0 bridgehead atoms. The van der Waals surface area contributed by atoms with Crippen LogP contribution in [0.1, 0.15) is 30.4 Å². The maximum atomic E-state index is 12.0. The van der Waals surface area contributed by atoms with Gasteiger partial charge in [0.25, 0.3) is 0 Å². The molecular formula is C20H31IN4O2. The number of nitrogens with one attached hydrogen (secondary N) is 1. The molecule has 0 saturated carbocycles. The average molecular weight is 486 g/mol. The second-order valence-electron chi connectivity index (χ2n) is 7.24. The summed E-state index contributed by atoms with van der Waals surface area (Å²) in [6.07, 6.45) is 4.68. The molecule has 3 rings (SSSR count). The first-order valence-electron chi connectivity index (χ1n) is 9.55. The van der Waals surface area contributed by atoms with E-state index in [1.807, 2.05) is 0 Å². The normalized spacial score (nSPS) is 19.7. The van der Waals surface area contributed by atoms with Gasteiger partial charge in [-0.15, -0.1) is 24.0 Å². The van der Waals surface area contributed by atoms with Gasteiger partial charge in [-0.05, 0) is 36.8 Å². The monoisotopic (exact) mass is 486 g/mol. The van der Waals surface area contributed by atoms with Crippen LogP contribution in [-0.4, -0.2) is 68.1 Å². The van der Waals surface area contributed by atoms with Gasteiger partial charge in [0.05, 0.1) is 6.10 Å². The molecule has 1 fully saturated rings. The van der Waals surface area contributed by atoms with Crippen LogP contribution in [-0.2, 0) is 22.5 Å². The lowest BCUT2D eigenvalue weighted by Crippen LogP contribution is -2.47.